The maximum absolute atomic E-state index is 9.92. The Bertz CT molecular complexity index is 105. The van der Waals surface area contributed by atoms with Crippen molar-refractivity contribution in [2.24, 2.45) is 5.73 Å². The monoisotopic (exact) mass is 151 g/mol. The van der Waals surface area contributed by atoms with Crippen LogP contribution in [0.2, 0.25) is 0 Å². The molecule has 0 spiro atoms. The number of carbonyl (C=O) groups is 1. The lowest BCUT2D eigenvalue weighted by Gasteiger charge is -1.98. The zero-order valence-electron chi connectivity index (χ0n) is 4.91. The van der Waals surface area contributed by atoms with Gasteiger partial charge in [0.1, 0.15) is 6.04 Å². The fourth-order valence-corrected chi connectivity index (χ4v) is 0.280. The Balaban J connectivity index is 0. The van der Waals surface area contributed by atoms with E-state index < -0.39 is 12.0 Å². The molecule has 0 saturated carbocycles. The molecule has 54 valence electrons. The molecule has 0 saturated heterocycles. The van der Waals surface area contributed by atoms with Crippen LogP contribution in [-0.4, -0.2) is 17.1 Å². The Morgan fingerprint density at radius 3 is 2.44 bits per heavy atom. The van der Waals surface area contributed by atoms with Crippen LogP contribution in [0.15, 0.2) is 12.7 Å². The average molecular weight is 152 g/mol. The van der Waals surface area contributed by atoms with Crippen molar-refractivity contribution in [2.75, 3.05) is 0 Å². The highest BCUT2D eigenvalue weighted by atomic mass is 35.5. The predicted octanol–water partition coefficient (Wildman–Crippen LogP) is 0.396. The molecule has 3 N–H and O–H groups in total. The molecule has 0 aliphatic rings. The molecule has 4 heteroatoms. The molecule has 0 rings (SSSR count). The van der Waals surface area contributed by atoms with Crippen LogP contribution < -0.4 is 5.73 Å². The van der Waals surface area contributed by atoms with Crippen LogP contribution in [0.25, 0.3) is 0 Å². The lowest BCUT2D eigenvalue weighted by atomic mass is 10.2. The van der Waals surface area contributed by atoms with Gasteiger partial charge >= 0.3 is 5.97 Å². The van der Waals surface area contributed by atoms with Crippen molar-refractivity contribution in [1.82, 2.24) is 0 Å². The van der Waals surface area contributed by atoms with Crippen LogP contribution in [0.3, 0.4) is 0 Å². The fourth-order valence-electron chi connectivity index (χ4n) is 0.280. The van der Waals surface area contributed by atoms with Crippen LogP contribution in [0.4, 0.5) is 0 Å². The van der Waals surface area contributed by atoms with E-state index in [0.717, 1.165) is 0 Å². The van der Waals surface area contributed by atoms with E-state index in [1.807, 2.05) is 0 Å². The third-order valence-electron chi connectivity index (χ3n) is 0.738. The molecule has 0 amide bonds. The highest BCUT2D eigenvalue weighted by molar-refractivity contribution is 5.85. The van der Waals surface area contributed by atoms with Crippen molar-refractivity contribution in [2.45, 2.75) is 12.5 Å². The molecule has 0 aromatic rings. The lowest BCUT2D eigenvalue weighted by molar-refractivity contribution is -0.138. The Hall–Kier alpha value is -0.540. The molecular weight excluding hydrogens is 142 g/mol. The molecule has 0 fully saturated rings. The molecule has 9 heavy (non-hydrogen) atoms. The predicted molar refractivity (Wildman–Crippen MR) is 37.7 cm³/mol. The largest absolute Gasteiger partial charge is 0.480 e. The zero-order chi connectivity index (χ0) is 6.57. The van der Waals surface area contributed by atoms with Crippen molar-refractivity contribution < 1.29 is 9.90 Å². The first-order valence-corrected chi connectivity index (χ1v) is 2.27. The van der Waals surface area contributed by atoms with E-state index in [2.05, 4.69) is 6.58 Å². The number of carboxylic acid groups (broad SMARTS) is 1. The Morgan fingerprint density at radius 1 is 1.89 bits per heavy atom. The average Bonchev–Trinajstić information content (AvgIpc) is 1.67. The molecule has 0 heterocycles. The number of hydrogen-bond donors (Lipinski definition) is 2. The van der Waals surface area contributed by atoms with E-state index in [1.54, 1.807) is 0 Å². The second-order valence-electron chi connectivity index (χ2n) is 1.47. The summed E-state index contributed by atoms with van der Waals surface area (Å²) in [4.78, 5) is 9.92. The number of aliphatic carboxylic acids is 1. The summed E-state index contributed by atoms with van der Waals surface area (Å²) in [6, 6.07) is -0.785. The molecular formula is C5H10ClNO2. The first-order chi connectivity index (χ1) is 3.68. The SMILES string of the molecule is C=CCC(N)C(=O)O.Cl. The van der Waals surface area contributed by atoms with Crippen LogP contribution in [-0.2, 0) is 4.79 Å². The first kappa shape index (κ1) is 11.3. The third kappa shape index (κ3) is 5.33. The number of halogens is 1. The van der Waals surface area contributed by atoms with Crippen LogP contribution >= 0.6 is 12.4 Å². The van der Waals surface area contributed by atoms with E-state index in [4.69, 9.17) is 10.8 Å². The van der Waals surface area contributed by atoms with Gasteiger partial charge < -0.3 is 10.8 Å². The highest BCUT2D eigenvalue weighted by Gasteiger charge is 2.06. The van der Waals surface area contributed by atoms with Crippen molar-refractivity contribution in [3.8, 4) is 0 Å². The normalized spacial score (nSPS) is 11.2. The van der Waals surface area contributed by atoms with Crippen molar-refractivity contribution in [3.05, 3.63) is 12.7 Å². The van der Waals surface area contributed by atoms with E-state index in [-0.39, 0.29) is 12.4 Å². The third-order valence-corrected chi connectivity index (χ3v) is 0.738. The van der Waals surface area contributed by atoms with Crippen molar-refractivity contribution >= 4 is 18.4 Å². The van der Waals surface area contributed by atoms with Gasteiger partial charge in [0, 0.05) is 0 Å². The van der Waals surface area contributed by atoms with Gasteiger partial charge in [0.2, 0.25) is 0 Å². The smallest absolute Gasteiger partial charge is 0.320 e. The summed E-state index contributed by atoms with van der Waals surface area (Å²) in [6.45, 7) is 3.34. The summed E-state index contributed by atoms with van der Waals surface area (Å²) in [6.07, 6.45) is 1.81. The van der Waals surface area contributed by atoms with Crippen molar-refractivity contribution in [1.29, 1.82) is 0 Å². The Labute approximate surface area is 60.0 Å². The van der Waals surface area contributed by atoms with Crippen LogP contribution in [0, 0.1) is 0 Å². The second kappa shape index (κ2) is 5.59. The summed E-state index contributed by atoms with van der Waals surface area (Å²) in [7, 11) is 0. The fraction of sp³-hybridized carbons (Fsp3) is 0.400. The number of nitrogens with two attached hydrogens (primary N) is 1. The summed E-state index contributed by atoms with van der Waals surface area (Å²) in [5.74, 6) is -0.982. The first-order valence-electron chi connectivity index (χ1n) is 2.27. The molecule has 1 atom stereocenters. The summed E-state index contributed by atoms with van der Waals surface area (Å²) < 4.78 is 0. The molecule has 0 aliphatic heterocycles. The lowest BCUT2D eigenvalue weighted by Crippen LogP contribution is -2.28. The molecule has 0 radical (unpaired) electrons. The maximum atomic E-state index is 9.92. The van der Waals surface area contributed by atoms with Gasteiger partial charge in [-0.3, -0.25) is 4.79 Å². The molecule has 0 aromatic heterocycles. The van der Waals surface area contributed by atoms with E-state index in [1.165, 1.54) is 6.08 Å². The standard InChI is InChI=1S/C5H9NO2.ClH/c1-2-3-4(6)5(7)8;/h2,4H,1,3,6H2,(H,7,8);1H. The Kier molecular flexibility index (Phi) is 7.01. The number of rotatable bonds is 3. The van der Waals surface area contributed by atoms with Gasteiger partial charge in [-0.1, -0.05) is 6.08 Å². The van der Waals surface area contributed by atoms with Crippen molar-refractivity contribution in [3.63, 3.8) is 0 Å². The number of carboxylic acids is 1. The van der Waals surface area contributed by atoms with Gasteiger partial charge in [-0.25, -0.2) is 0 Å². The second-order valence-corrected chi connectivity index (χ2v) is 1.47. The number of hydrogen-bond acceptors (Lipinski definition) is 2. The van der Waals surface area contributed by atoms with Crippen LogP contribution in [0.5, 0.6) is 0 Å². The van der Waals surface area contributed by atoms with Gasteiger partial charge in [0.15, 0.2) is 0 Å². The minimum atomic E-state index is -0.982. The van der Waals surface area contributed by atoms with Crippen LogP contribution in [0.1, 0.15) is 6.42 Å². The Morgan fingerprint density at radius 2 is 2.33 bits per heavy atom. The van der Waals surface area contributed by atoms with E-state index >= 15 is 0 Å². The van der Waals surface area contributed by atoms with E-state index in [0.29, 0.717) is 6.42 Å². The zero-order valence-corrected chi connectivity index (χ0v) is 5.73. The van der Waals surface area contributed by atoms with Gasteiger partial charge in [-0.2, -0.15) is 0 Å². The molecule has 3 nitrogen and oxygen atoms in total. The van der Waals surface area contributed by atoms with Gasteiger partial charge in [0.25, 0.3) is 0 Å². The topological polar surface area (TPSA) is 63.3 Å². The summed E-state index contributed by atoms with van der Waals surface area (Å²) in [5, 5.41) is 8.14. The van der Waals surface area contributed by atoms with Gasteiger partial charge in [-0.15, -0.1) is 19.0 Å². The molecule has 0 aromatic carbocycles. The minimum Gasteiger partial charge on any atom is -0.480 e. The quantitative estimate of drug-likeness (QED) is 0.574. The highest BCUT2D eigenvalue weighted by Crippen LogP contribution is 1.86. The summed E-state index contributed by atoms with van der Waals surface area (Å²) >= 11 is 0. The summed E-state index contributed by atoms with van der Waals surface area (Å²) in [5.41, 5.74) is 5.06. The minimum absolute atomic E-state index is 0. The molecule has 0 bridgehead atoms. The molecule has 1 unspecified atom stereocenters. The maximum Gasteiger partial charge on any atom is 0.320 e. The van der Waals surface area contributed by atoms with E-state index in [9.17, 15) is 4.79 Å². The van der Waals surface area contributed by atoms with Gasteiger partial charge in [0.05, 0.1) is 0 Å². The van der Waals surface area contributed by atoms with Gasteiger partial charge in [-0.05, 0) is 6.42 Å². The molecule has 0 aliphatic carbocycles.